The smallest absolute Gasteiger partial charge is 0.219 e. The van der Waals surface area contributed by atoms with Crippen LogP contribution >= 0.6 is 0 Å². The molecule has 0 fully saturated rings. The Morgan fingerprint density at radius 3 is 0.733 bits per heavy atom. The maximum atomic E-state index is 12.7. The van der Waals surface area contributed by atoms with Gasteiger partial charge in [0.2, 0.25) is 0 Å². The highest BCUT2D eigenvalue weighted by molar-refractivity contribution is 8.27. The first-order valence-corrected chi connectivity index (χ1v) is 11.8. The van der Waals surface area contributed by atoms with Crippen LogP contribution in [-0.2, 0) is 39.3 Å². The maximum Gasteiger partial charge on any atom is 0.500 e. The molecule has 30 heavy (non-hydrogen) atoms. The van der Waals surface area contributed by atoms with Crippen LogP contribution in [0.5, 0.6) is 0 Å². The van der Waals surface area contributed by atoms with Crippen molar-refractivity contribution in [2.45, 2.75) is 25.4 Å². The van der Waals surface area contributed by atoms with Crippen molar-refractivity contribution in [1.29, 1.82) is 0 Å². The average Bonchev–Trinajstić information content (AvgIpc) is 2.38. The minimum atomic E-state index is -9.07. The molecule has 0 aliphatic carbocycles. The van der Waals surface area contributed by atoms with Crippen LogP contribution in [0.25, 0.3) is 0 Å². The average molecular weight is 558 g/mol. The van der Waals surface area contributed by atoms with Crippen LogP contribution in [0.3, 0.4) is 0 Å². The summed E-state index contributed by atoms with van der Waals surface area (Å²) >= 11 is 0. The van der Waals surface area contributed by atoms with Crippen molar-refractivity contribution in [1.82, 2.24) is 0 Å². The zero-order chi connectivity index (χ0) is 25.2. The number of rotatable bonds is 5. The van der Waals surface area contributed by atoms with Gasteiger partial charge in [-0.1, -0.05) is 0 Å². The monoisotopic (exact) mass is 558 g/mol. The van der Waals surface area contributed by atoms with Crippen molar-refractivity contribution in [3.8, 4) is 0 Å². The van der Waals surface area contributed by atoms with E-state index in [2.05, 4.69) is 0 Å². The summed E-state index contributed by atoms with van der Waals surface area (Å²) in [4.78, 5) is 0. The minimum Gasteiger partial charge on any atom is -0.219 e. The standard InChI is InChI=1S/C6H2F12O8S4/c7-3(8,9)27(19,20)1-2(28(21,22)4(10,11)12,29(23,24)5(13,14)15)30(25,26)6(16,17)18/h1H2. The maximum absolute atomic E-state index is 12.7. The van der Waals surface area contributed by atoms with Crippen LogP contribution in [-0.4, -0.2) is 64.9 Å². The van der Waals surface area contributed by atoms with Gasteiger partial charge in [-0.2, -0.15) is 52.7 Å². The predicted octanol–water partition coefficient (Wildman–Crippen LogP) is 1.38. The molecule has 0 saturated carbocycles. The van der Waals surface area contributed by atoms with Crippen LogP contribution < -0.4 is 0 Å². The van der Waals surface area contributed by atoms with Gasteiger partial charge in [0, 0.05) is 0 Å². The molecule has 0 aliphatic heterocycles. The Balaban J connectivity index is 8.37. The normalized spacial score (nSPS) is 16.5. The van der Waals surface area contributed by atoms with E-state index in [0.29, 0.717) is 0 Å². The molecule has 0 bridgehead atoms. The van der Waals surface area contributed by atoms with E-state index in [1.165, 1.54) is 0 Å². The van der Waals surface area contributed by atoms with Crippen molar-refractivity contribution in [2.75, 3.05) is 5.75 Å². The van der Waals surface area contributed by atoms with Gasteiger partial charge in [0.05, 0.1) is 0 Å². The largest absolute Gasteiger partial charge is 0.500 e. The lowest BCUT2D eigenvalue weighted by Gasteiger charge is -2.33. The fourth-order valence-corrected chi connectivity index (χ4v) is 11.6. The van der Waals surface area contributed by atoms with Crippen LogP contribution in [0.15, 0.2) is 0 Å². The highest BCUT2D eigenvalue weighted by Gasteiger charge is 2.85. The van der Waals surface area contributed by atoms with Crippen LogP contribution in [0, 0.1) is 0 Å². The van der Waals surface area contributed by atoms with E-state index in [-0.39, 0.29) is 0 Å². The number of sulfone groups is 4. The first kappa shape index (κ1) is 29.0. The van der Waals surface area contributed by atoms with Gasteiger partial charge in [-0.3, -0.25) is 0 Å². The molecule has 8 nitrogen and oxygen atoms in total. The summed E-state index contributed by atoms with van der Waals surface area (Å²) in [5, 5.41) is 0. The van der Waals surface area contributed by atoms with E-state index < -0.39 is 70.5 Å². The van der Waals surface area contributed by atoms with Gasteiger partial charge in [0.1, 0.15) is 5.75 Å². The molecule has 0 saturated heterocycles. The van der Waals surface area contributed by atoms with Gasteiger partial charge in [-0.25, -0.2) is 33.7 Å². The molecule has 0 amide bonds. The molecule has 182 valence electrons. The third kappa shape index (κ3) is 3.93. The quantitative estimate of drug-likeness (QED) is 0.462. The molecule has 0 radical (unpaired) electrons. The molecule has 0 rings (SSSR count). The Bertz CT molecular complexity index is 990. The molecule has 0 atom stereocenters. The second-order valence-electron chi connectivity index (χ2n) is 4.74. The van der Waals surface area contributed by atoms with Gasteiger partial charge in [0.15, 0.2) is 0 Å². The second kappa shape index (κ2) is 6.98. The first-order valence-electron chi connectivity index (χ1n) is 5.67. The predicted molar refractivity (Wildman–Crippen MR) is 67.5 cm³/mol. The Labute approximate surface area is 157 Å². The lowest BCUT2D eigenvalue weighted by Crippen LogP contribution is -2.67. The topological polar surface area (TPSA) is 137 Å². The van der Waals surface area contributed by atoms with Gasteiger partial charge >= 0.3 is 25.4 Å². The molecular formula is C6H2F12O8S4. The van der Waals surface area contributed by atoms with E-state index in [0.717, 1.165) is 0 Å². The van der Waals surface area contributed by atoms with E-state index >= 15 is 0 Å². The molecule has 0 aliphatic rings. The highest BCUT2D eigenvalue weighted by atomic mass is 32.3. The lowest BCUT2D eigenvalue weighted by molar-refractivity contribution is -0.0524. The van der Waals surface area contributed by atoms with E-state index in [1.54, 1.807) is 0 Å². The van der Waals surface area contributed by atoms with Crippen molar-refractivity contribution in [3.05, 3.63) is 0 Å². The lowest BCUT2D eigenvalue weighted by atomic mass is 10.9. The first-order chi connectivity index (χ1) is 12.5. The summed E-state index contributed by atoms with van der Waals surface area (Å²) in [6.45, 7) is 0. The zero-order valence-electron chi connectivity index (χ0n) is 12.6. The Kier molecular flexibility index (Phi) is 6.74. The Morgan fingerprint density at radius 2 is 0.600 bits per heavy atom. The SMILES string of the molecule is O=S(=O)(CC(S(=O)(=O)C(F)(F)F)(S(=O)(=O)C(F)(F)F)S(=O)(=O)C(F)(F)F)C(F)(F)F. The number of halogens is 12. The Morgan fingerprint density at radius 1 is 0.400 bits per heavy atom. The summed E-state index contributed by atoms with van der Waals surface area (Å²) in [6, 6.07) is 0. The van der Waals surface area contributed by atoms with Crippen LogP contribution in [0.4, 0.5) is 52.7 Å². The summed E-state index contributed by atoms with van der Waals surface area (Å²) in [6.07, 6.45) is 0. The second-order valence-corrected chi connectivity index (χ2v) is 14.0. The molecule has 24 heteroatoms. The Hall–Kier alpha value is -1.04. The number of hydrogen-bond donors (Lipinski definition) is 0. The summed E-state index contributed by atoms with van der Waals surface area (Å²) in [5.74, 6) is -4.87. The fraction of sp³-hybridized carbons (Fsp3) is 1.00. The van der Waals surface area contributed by atoms with Crippen molar-refractivity contribution < 1.29 is 86.4 Å². The van der Waals surface area contributed by atoms with E-state index in [9.17, 15) is 86.4 Å². The molecule has 0 aromatic rings. The molecule has 0 aromatic carbocycles. The number of alkyl halides is 12. The van der Waals surface area contributed by atoms with Gasteiger partial charge < -0.3 is 0 Å². The molecule has 0 aromatic heterocycles. The van der Waals surface area contributed by atoms with Gasteiger partial charge in [-0.15, -0.1) is 0 Å². The summed E-state index contributed by atoms with van der Waals surface area (Å²) in [5.41, 5.74) is -30.4. The van der Waals surface area contributed by atoms with Crippen molar-refractivity contribution in [2.24, 2.45) is 0 Å². The number of hydrogen-bond acceptors (Lipinski definition) is 8. The summed E-state index contributed by atoms with van der Waals surface area (Å²) < 4.78 is 234. The van der Waals surface area contributed by atoms with E-state index in [1.807, 2.05) is 0 Å². The third-order valence-corrected chi connectivity index (χ3v) is 13.6. The molecule has 0 N–H and O–H groups in total. The highest BCUT2D eigenvalue weighted by Crippen LogP contribution is 2.52. The zero-order valence-corrected chi connectivity index (χ0v) is 15.9. The molecular weight excluding hydrogens is 556 g/mol. The fourth-order valence-electron chi connectivity index (χ4n) is 1.51. The van der Waals surface area contributed by atoms with Crippen molar-refractivity contribution >= 4 is 39.3 Å². The summed E-state index contributed by atoms with van der Waals surface area (Å²) in [7, 11) is -35.2. The van der Waals surface area contributed by atoms with Gasteiger partial charge in [-0.05, 0) is 0 Å². The van der Waals surface area contributed by atoms with Gasteiger partial charge in [0.25, 0.3) is 39.3 Å². The molecule has 0 spiro atoms. The molecule has 0 unspecified atom stereocenters. The van der Waals surface area contributed by atoms with Crippen LogP contribution in [0.2, 0.25) is 0 Å². The van der Waals surface area contributed by atoms with E-state index in [4.69, 9.17) is 0 Å². The minimum absolute atomic E-state index is 4.87. The third-order valence-electron chi connectivity index (χ3n) is 2.86. The van der Waals surface area contributed by atoms with Crippen LogP contribution in [0.1, 0.15) is 0 Å². The molecule has 0 heterocycles. The van der Waals surface area contributed by atoms with Crippen molar-refractivity contribution in [3.63, 3.8) is 0 Å².